The molecule has 0 aliphatic heterocycles. The monoisotopic (exact) mass is 306 g/mol. The van der Waals surface area contributed by atoms with Gasteiger partial charge in [0.2, 0.25) is 0 Å². The van der Waals surface area contributed by atoms with Gasteiger partial charge in [-0.05, 0) is 43.6 Å². The van der Waals surface area contributed by atoms with Crippen LogP contribution in [0.3, 0.4) is 0 Å². The first-order chi connectivity index (χ1) is 10.3. The molecule has 0 aliphatic rings. The molecule has 0 spiro atoms. The van der Waals surface area contributed by atoms with E-state index >= 15 is 0 Å². The third-order valence-corrected chi connectivity index (χ3v) is 4.59. The summed E-state index contributed by atoms with van der Waals surface area (Å²) in [6.07, 6.45) is 5.05. The van der Waals surface area contributed by atoms with E-state index < -0.39 is 0 Å². The normalized spacial score (nSPS) is 11.4. The Bertz CT molecular complexity index is 544. The number of hydrogen-bond acceptors (Lipinski definition) is 5. The minimum atomic E-state index is 0.774. The molecular formula is C16H26N4S. The van der Waals surface area contributed by atoms with Crippen molar-refractivity contribution >= 4 is 26.7 Å². The van der Waals surface area contributed by atoms with Crippen molar-refractivity contribution in [3.63, 3.8) is 0 Å². The summed E-state index contributed by atoms with van der Waals surface area (Å²) in [6.45, 7) is 7.91. The van der Waals surface area contributed by atoms with E-state index in [1.165, 1.54) is 49.0 Å². The van der Waals surface area contributed by atoms with E-state index in [1.807, 2.05) is 0 Å². The molecule has 1 aromatic heterocycles. The molecule has 0 atom stereocenters. The van der Waals surface area contributed by atoms with Gasteiger partial charge < -0.3 is 0 Å². The highest BCUT2D eigenvalue weighted by Gasteiger charge is 2.08. The van der Waals surface area contributed by atoms with Crippen LogP contribution in [0.2, 0.25) is 0 Å². The molecule has 1 aromatic carbocycles. The molecule has 0 saturated carbocycles. The van der Waals surface area contributed by atoms with E-state index in [0.29, 0.717) is 0 Å². The maximum Gasteiger partial charge on any atom is 0.198 e. The van der Waals surface area contributed by atoms with Gasteiger partial charge in [0, 0.05) is 6.54 Å². The van der Waals surface area contributed by atoms with E-state index in [2.05, 4.69) is 47.4 Å². The fourth-order valence-corrected chi connectivity index (χ4v) is 3.26. The predicted molar refractivity (Wildman–Crippen MR) is 92.5 cm³/mol. The molecule has 4 nitrogen and oxygen atoms in total. The molecule has 21 heavy (non-hydrogen) atoms. The van der Waals surface area contributed by atoms with E-state index in [-0.39, 0.29) is 0 Å². The maximum atomic E-state index is 5.43. The zero-order valence-corrected chi connectivity index (χ0v) is 13.9. The number of fused-ring (bicyclic) bond motifs is 1. The summed E-state index contributed by atoms with van der Waals surface area (Å²) in [5.41, 5.74) is 5.01. The van der Waals surface area contributed by atoms with Crippen molar-refractivity contribution in [3.8, 4) is 0 Å². The van der Waals surface area contributed by atoms with Gasteiger partial charge in [0.15, 0.2) is 5.13 Å². The van der Waals surface area contributed by atoms with Gasteiger partial charge in [0.1, 0.15) is 0 Å². The molecule has 1 heterocycles. The minimum Gasteiger partial charge on any atom is -0.300 e. The Morgan fingerprint density at radius 1 is 1.19 bits per heavy atom. The highest BCUT2D eigenvalue weighted by Crippen LogP contribution is 2.26. The van der Waals surface area contributed by atoms with Crippen molar-refractivity contribution in [2.24, 2.45) is 5.84 Å². The second-order valence-electron chi connectivity index (χ2n) is 5.45. The highest BCUT2D eigenvalue weighted by atomic mass is 32.1. The Hall–Kier alpha value is -1.17. The largest absolute Gasteiger partial charge is 0.300 e. The fraction of sp³-hybridized carbons (Fsp3) is 0.562. The van der Waals surface area contributed by atoms with Crippen molar-refractivity contribution in [2.45, 2.75) is 46.1 Å². The van der Waals surface area contributed by atoms with Gasteiger partial charge in [-0.25, -0.2) is 10.8 Å². The summed E-state index contributed by atoms with van der Waals surface area (Å²) in [4.78, 5) is 6.99. The van der Waals surface area contributed by atoms with Crippen molar-refractivity contribution in [1.82, 2.24) is 9.88 Å². The lowest BCUT2D eigenvalue weighted by molar-refractivity contribution is 0.257. The van der Waals surface area contributed by atoms with E-state index in [9.17, 15) is 0 Å². The topological polar surface area (TPSA) is 54.2 Å². The lowest BCUT2D eigenvalue weighted by atomic mass is 10.2. The number of aromatic nitrogens is 1. The molecule has 0 aliphatic carbocycles. The average molecular weight is 306 g/mol. The van der Waals surface area contributed by atoms with Crippen LogP contribution >= 0.6 is 11.3 Å². The quantitative estimate of drug-likeness (QED) is 0.543. The highest BCUT2D eigenvalue weighted by molar-refractivity contribution is 7.22. The van der Waals surface area contributed by atoms with E-state index in [0.717, 1.165) is 17.2 Å². The predicted octanol–water partition coefficient (Wildman–Crippen LogP) is 3.98. The number of nitrogens with two attached hydrogens (primary N) is 1. The first kappa shape index (κ1) is 16.2. The number of nitrogen functional groups attached to an aromatic ring is 1. The van der Waals surface area contributed by atoms with Crippen LogP contribution in [0.5, 0.6) is 0 Å². The van der Waals surface area contributed by atoms with Crippen LogP contribution in [-0.4, -0.2) is 23.0 Å². The third kappa shape index (κ3) is 4.66. The number of benzene rings is 1. The number of hydrogen-bond donors (Lipinski definition) is 2. The molecule has 5 heteroatoms. The van der Waals surface area contributed by atoms with Crippen molar-refractivity contribution in [1.29, 1.82) is 0 Å². The van der Waals surface area contributed by atoms with Gasteiger partial charge >= 0.3 is 0 Å². The summed E-state index contributed by atoms with van der Waals surface area (Å²) in [6, 6.07) is 6.53. The summed E-state index contributed by atoms with van der Waals surface area (Å²) in [7, 11) is 0. The first-order valence-electron chi connectivity index (χ1n) is 7.85. The van der Waals surface area contributed by atoms with Crippen LogP contribution in [0, 0.1) is 0 Å². The van der Waals surface area contributed by atoms with Crippen LogP contribution < -0.4 is 11.3 Å². The molecule has 3 N–H and O–H groups in total. The second-order valence-corrected chi connectivity index (χ2v) is 6.48. The lowest BCUT2D eigenvalue weighted by Crippen LogP contribution is -2.25. The van der Waals surface area contributed by atoms with E-state index in [1.54, 1.807) is 11.3 Å². The van der Waals surface area contributed by atoms with Gasteiger partial charge in [-0.1, -0.05) is 44.1 Å². The Balaban J connectivity index is 2.07. The van der Waals surface area contributed by atoms with Gasteiger partial charge in [0.05, 0.1) is 10.2 Å². The summed E-state index contributed by atoms with van der Waals surface area (Å²) in [5.74, 6) is 5.43. The van der Waals surface area contributed by atoms with Crippen LogP contribution in [0.15, 0.2) is 18.2 Å². The number of anilines is 1. The number of thiazole rings is 1. The van der Waals surface area contributed by atoms with Gasteiger partial charge in [-0.2, -0.15) is 0 Å². The Kier molecular flexibility index (Phi) is 6.42. The number of rotatable bonds is 9. The van der Waals surface area contributed by atoms with Gasteiger partial charge in [-0.3, -0.25) is 10.3 Å². The maximum absolute atomic E-state index is 5.43. The van der Waals surface area contributed by atoms with E-state index in [4.69, 9.17) is 5.84 Å². The number of hydrazine groups is 1. The Labute approximate surface area is 131 Å². The molecule has 0 bridgehead atoms. The van der Waals surface area contributed by atoms with Crippen molar-refractivity contribution in [2.75, 3.05) is 18.5 Å². The third-order valence-electron chi connectivity index (χ3n) is 3.64. The zero-order valence-electron chi connectivity index (χ0n) is 13.1. The van der Waals surface area contributed by atoms with Crippen molar-refractivity contribution < 1.29 is 0 Å². The lowest BCUT2D eigenvalue weighted by Gasteiger charge is -2.22. The van der Waals surface area contributed by atoms with Gasteiger partial charge in [-0.15, -0.1) is 0 Å². The summed E-state index contributed by atoms with van der Waals surface area (Å²) >= 11 is 1.61. The summed E-state index contributed by atoms with van der Waals surface area (Å²) < 4.78 is 1.20. The van der Waals surface area contributed by atoms with Crippen LogP contribution in [0.1, 0.15) is 45.1 Å². The van der Waals surface area contributed by atoms with Gasteiger partial charge in [0.25, 0.3) is 0 Å². The first-order valence-corrected chi connectivity index (χ1v) is 8.67. The van der Waals surface area contributed by atoms with Crippen LogP contribution in [0.25, 0.3) is 10.2 Å². The molecule has 0 fully saturated rings. The SMILES string of the molecule is CCCCN(CCCC)Cc1ccc2nc(NN)sc2c1. The molecule has 2 rings (SSSR count). The molecule has 0 radical (unpaired) electrons. The zero-order chi connectivity index (χ0) is 15.1. The number of nitrogens with zero attached hydrogens (tertiary/aromatic N) is 2. The number of unbranched alkanes of at least 4 members (excludes halogenated alkanes) is 2. The Morgan fingerprint density at radius 3 is 2.52 bits per heavy atom. The summed E-state index contributed by atoms with van der Waals surface area (Å²) in [5, 5.41) is 0.774. The minimum absolute atomic E-state index is 0.774. The fourth-order valence-electron chi connectivity index (χ4n) is 2.42. The molecule has 0 unspecified atom stereocenters. The number of nitrogens with one attached hydrogen (secondary N) is 1. The smallest absolute Gasteiger partial charge is 0.198 e. The van der Waals surface area contributed by atoms with Crippen LogP contribution in [-0.2, 0) is 6.54 Å². The average Bonchev–Trinajstić information content (AvgIpc) is 2.92. The van der Waals surface area contributed by atoms with Crippen LogP contribution in [0.4, 0.5) is 5.13 Å². The molecule has 0 saturated heterocycles. The molecular weight excluding hydrogens is 280 g/mol. The second kappa shape index (κ2) is 8.32. The van der Waals surface area contributed by atoms with Crippen molar-refractivity contribution in [3.05, 3.63) is 23.8 Å². The molecule has 0 amide bonds. The standard InChI is InChI=1S/C16H26N4S/c1-3-5-9-20(10-6-4-2)12-13-7-8-14-15(11-13)21-16(18-14)19-17/h7-8,11H,3-6,9-10,12,17H2,1-2H3,(H,18,19). The molecule has 116 valence electrons. The molecule has 2 aromatic rings. The Morgan fingerprint density at radius 2 is 1.90 bits per heavy atom.